The summed E-state index contributed by atoms with van der Waals surface area (Å²) in [5, 5.41) is 11.3. The highest BCUT2D eigenvalue weighted by Gasteiger charge is 2.49. The predicted molar refractivity (Wildman–Crippen MR) is 103 cm³/mol. The number of hydrogen-bond acceptors (Lipinski definition) is 5. The molecule has 2 fully saturated rings. The molecule has 2 aromatic rings. The third kappa shape index (κ3) is 3.11. The monoisotopic (exact) mass is 371 g/mol. The molecule has 0 radical (unpaired) electrons. The first-order chi connectivity index (χ1) is 12.9. The number of ether oxygens (including phenoxy) is 2. The zero-order chi connectivity index (χ0) is 19.2. The molecule has 1 aromatic heterocycles. The minimum atomic E-state index is -0.826. The maximum absolute atomic E-state index is 11.3. The molecule has 146 valence electrons. The van der Waals surface area contributed by atoms with Crippen molar-refractivity contribution in [1.82, 2.24) is 14.5 Å². The average Bonchev–Trinajstić information content (AvgIpc) is 3.18. The Balaban J connectivity index is 1.57. The van der Waals surface area contributed by atoms with Crippen molar-refractivity contribution in [2.45, 2.75) is 56.8 Å². The van der Waals surface area contributed by atoms with E-state index >= 15 is 0 Å². The van der Waals surface area contributed by atoms with Gasteiger partial charge in [0.25, 0.3) is 0 Å². The largest absolute Gasteiger partial charge is 0.493 e. The highest BCUT2D eigenvalue weighted by atomic mass is 16.5. The van der Waals surface area contributed by atoms with E-state index in [2.05, 4.69) is 22.9 Å². The average molecular weight is 371 g/mol. The molecule has 6 heteroatoms. The van der Waals surface area contributed by atoms with Gasteiger partial charge >= 0.3 is 0 Å². The molecule has 2 bridgehead atoms. The van der Waals surface area contributed by atoms with E-state index in [1.54, 1.807) is 20.4 Å². The number of imidazole rings is 1. The molecule has 2 aliphatic heterocycles. The lowest BCUT2D eigenvalue weighted by Gasteiger charge is -2.43. The molecule has 0 aliphatic carbocycles. The lowest BCUT2D eigenvalue weighted by molar-refractivity contribution is -0.0670. The molecular weight excluding hydrogens is 342 g/mol. The van der Waals surface area contributed by atoms with Crippen molar-refractivity contribution < 1.29 is 14.6 Å². The third-order valence-corrected chi connectivity index (χ3v) is 6.35. The van der Waals surface area contributed by atoms with Crippen LogP contribution in [0.25, 0.3) is 0 Å². The van der Waals surface area contributed by atoms with Crippen LogP contribution in [0.15, 0.2) is 24.5 Å². The number of nitrogens with zero attached hydrogens (tertiary/aromatic N) is 3. The first-order valence-corrected chi connectivity index (χ1v) is 9.62. The summed E-state index contributed by atoms with van der Waals surface area (Å²) >= 11 is 0. The van der Waals surface area contributed by atoms with Crippen molar-refractivity contribution >= 4 is 0 Å². The van der Waals surface area contributed by atoms with E-state index in [-0.39, 0.29) is 0 Å². The number of aryl methyl sites for hydroxylation is 2. The van der Waals surface area contributed by atoms with Crippen LogP contribution in [0.4, 0.5) is 0 Å². The summed E-state index contributed by atoms with van der Waals surface area (Å²) in [5.74, 6) is 2.33. The quantitative estimate of drug-likeness (QED) is 0.876. The number of aromatic nitrogens is 2. The van der Waals surface area contributed by atoms with Crippen LogP contribution in [0, 0.1) is 6.92 Å². The Hall–Kier alpha value is -2.05. The van der Waals surface area contributed by atoms with Gasteiger partial charge in [-0.25, -0.2) is 4.98 Å². The second-order valence-corrected chi connectivity index (χ2v) is 7.99. The van der Waals surface area contributed by atoms with Gasteiger partial charge in [-0.15, -0.1) is 0 Å². The van der Waals surface area contributed by atoms with E-state index in [1.165, 1.54) is 11.1 Å². The van der Waals surface area contributed by atoms with Gasteiger partial charge in [0.15, 0.2) is 11.5 Å². The van der Waals surface area contributed by atoms with Crippen LogP contribution in [0.5, 0.6) is 11.5 Å². The van der Waals surface area contributed by atoms with Crippen molar-refractivity contribution in [3.05, 3.63) is 41.5 Å². The minimum absolute atomic E-state index is 0.373. The van der Waals surface area contributed by atoms with Crippen LogP contribution < -0.4 is 9.47 Å². The summed E-state index contributed by atoms with van der Waals surface area (Å²) in [6.07, 6.45) is 7.41. The maximum atomic E-state index is 11.3. The third-order valence-electron chi connectivity index (χ3n) is 6.35. The first-order valence-electron chi connectivity index (χ1n) is 9.62. The molecular formula is C21H29N3O3. The number of piperidine rings is 1. The van der Waals surface area contributed by atoms with Gasteiger partial charge in [-0.05, 0) is 55.9 Å². The van der Waals surface area contributed by atoms with Gasteiger partial charge in [0.2, 0.25) is 0 Å². The summed E-state index contributed by atoms with van der Waals surface area (Å²) < 4.78 is 12.9. The molecule has 4 rings (SSSR count). The van der Waals surface area contributed by atoms with Crippen LogP contribution in [0.3, 0.4) is 0 Å². The number of rotatable bonds is 5. The van der Waals surface area contributed by atoms with Gasteiger partial charge in [0.05, 0.1) is 14.2 Å². The van der Waals surface area contributed by atoms with Gasteiger partial charge < -0.3 is 19.1 Å². The van der Waals surface area contributed by atoms with Crippen molar-refractivity contribution in [3.63, 3.8) is 0 Å². The lowest BCUT2D eigenvalue weighted by atomic mass is 9.85. The highest BCUT2D eigenvalue weighted by Crippen LogP contribution is 2.46. The molecule has 2 unspecified atom stereocenters. The fourth-order valence-corrected chi connectivity index (χ4v) is 4.96. The number of aliphatic hydroxyl groups is 1. The molecule has 1 aromatic carbocycles. The second kappa shape index (κ2) is 6.84. The van der Waals surface area contributed by atoms with E-state index in [0.29, 0.717) is 12.1 Å². The summed E-state index contributed by atoms with van der Waals surface area (Å²) in [5.41, 5.74) is 1.64. The van der Waals surface area contributed by atoms with Crippen molar-refractivity contribution in [1.29, 1.82) is 0 Å². The molecule has 6 nitrogen and oxygen atoms in total. The van der Waals surface area contributed by atoms with Gasteiger partial charge in [0.1, 0.15) is 11.4 Å². The van der Waals surface area contributed by atoms with E-state index in [4.69, 9.17) is 9.47 Å². The van der Waals surface area contributed by atoms with Crippen molar-refractivity contribution in [2.75, 3.05) is 14.2 Å². The highest BCUT2D eigenvalue weighted by molar-refractivity contribution is 5.47. The Bertz CT molecular complexity index is 818. The Morgan fingerprint density at radius 1 is 1.15 bits per heavy atom. The standard InChI is InChI=1S/C21H29N3O3/c1-14-9-18(26-3)19(27-4)10-15(14)13-24-16-5-6-17(24)12-21(25,11-16)20-22-7-8-23(20)2/h7-10,16-17,25H,5-6,11-13H2,1-4H3. The second-order valence-electron chi connectivity index (χ2n) is 7.99. The molecule has 0 saturated carbocycles. The first kappa shape index (κ1) is 18.3. The minimum Gasteiger partial charge on any atom is -0.493 e. The van der Waals surface area contributed by atoms with Crippen LogP contribution in [0.2, 0.25) is 0 Å². The van der Waals surface area contributed by atoms with Crippen LogP contribution >= 0.6 is 0 Å². The Kier molecular flexibility index (Phi) is 4.64. The van der Waals surface area contributed by atoms with E-state index in [0.717, 1.165) is 49.6 Å². The maximum Gasteiger partial charge on any atom is 0.161 e. The van der Waals surface area contributed by atoms with Gasteiger partial charge in [-0.2, -0.15) is 0 Å². The lowest BCUT2D eigenvalue weighted by Crippen LogP contribution is -2.50. The summed E-state index contributed by atoms with van der Waals surface area (Å²) in [6.45, 7) is 2.99. The van der Waals surface area contributed by atoms with E-state index in [1.807, 2.05) is 23.9 Å². The summed E-state index contributed by atoms with van der Waals surface area (Å²) in [7, 11) is 5.30. The molecule has 2 saturated heterocycles. The Morgan fingerprint density at radius 3 is 2.33 bits per heavy atom. The predicted octanol–water partition coefficient (Wildman–Crippen LogP) is 2.76. The zero-order valence-corrected chi connectivity index (χ0v) is 16.6. The zero-order valence-electron chi connectivity index (χ0n) is 16.6. The Labute approximate surface area is 160 Å². The molecule has 1 N–H and O–H groups in total. The van der Waals surface area contributed by atoms with Crippen LogP contribution in [0.1, 0.15) is 42.6 Å². The number of fused-ring (bicyclic) bond motifs is 2. The molecule has 0 spiro atoms. The molecule has 2 aliphatic rings. The van der Waals surface area contributed by atoms with Gasteiger partial charge in [-0.3, -0.25) is 4.90 Å². The summed E-state index contributed by atoms with van der Waals surface area (Å²) in [6, 6.07) is 4.88. The fourth-order valence-electron chi connectivity index (χ4n) is 4.96. The van der Waals surface area contributed by atoms with E-state index < -0.39 is 5.60 Å². The SMILES string of the molecule is COc1cc(C)c(CN2C3CCC2CC(O)(c2nccn2C)C3)cc1OC. The van der Waals surface area contributed by atoms with Crippen LogP contribution in [-0.2, 0) is 19.2 Å². The van der Waals surface area contributed by atoms with Crippen LogP contribution in [-0.4, -0.2) is 45.9 Å². The van der Waals surface area contributed by atoms with Crippen molar-refractivity contribution in [3.8, 4) is 11.5 Å². The van der Waals surface area contributed by atoms with Gasteiger partial charge in [0, 0.05) is 38.1 Å². The molecule has 3 heterocycles. The molecule has 0 amide bonds. The fraction of sp³-hybridized carbons (Fsp3) is 0.571. The molecule has 27 heavy (non-hydrogen) atoms. The van der Waals surface area contributed by atoms with Gasteiger partial charge in [-0.1, -0.05) is 0 Å². The topological polar surface area (TPSA) is 59.8 Å². The van der Waals surface area contributed by atoms with E-state index in [9.17, 15) is 5.11 Å². The number of hydrogen-bond donors (Lipinski definition) is 1. The normalized spacial score (nSPS) is 27.7. The Morgan fingerprint density at radius 2 is 1.78 bits per heavy atom. The van der Waals surface area contributed by atoms with Crippen molar-refractivity contribution in [2.24, 2.45) is 7.05 Å². The molecule has 2 atom stereocenters. The number of benzene rings is 1. The summed E-state index contributed by atoms with van der Waals surface area (Å²) in [4.78, 5) is 7.00. The number of methoxy groups -OCH3 is 2. The smallest absolute Gasteiger partial charge is 0.161 e.